The van der Waals surface area contributed by atoms with E-state index in [0.717, 1.165) is 19.3 Å². The molecule has 3 rings (SSSR count). The number of nitrogens with zero attached hydrogens (tertiary/aromatic N) is 4. The lowest BCUT2D eigenvalue weighted by Crippen LogP contribution is -2.20. The quantitative estimate of drug-likeness (QED) is 0.786. The number of hydrogen-bond acceptors (Lipinski definition) is 4. The minimum Gasteiger partial charge on any atom is -0.356 e. The van der Waals surface area contributed by atoms with E-state index in [0.29, 0.717) is 22.8 Å². The van der Waals surface area contributed by atoms with Gasteiger partial charge in [0.25, 0.3) is 0 Å². The minimum atomic E-state index is -0.339. The first-order valence-corrected chi connectivity index (χ1v) is 6.27. The normalized spacial score (nSPS) is 20.4. The fourth-order valence-corrected chi connectivity index (χ4v) is 2.59. The molecule has 1 aliphatic rings. The van der Waals surface area contributed by atoms with Crippen LogP contribution < -0.4 is 5.69 Å². The highest BCUT2D eigenvalue weighted by atomic mass is 35.5. The summed E-state index contributed by atoms with van der Waals surface area (Å²) in [5.74, 6) is 0. The minimum absolute atomic E-state index is 0.145. The molecule has 96 valence electrons. The summed E-state index contributed by atoms with van der Waals surface area (Å²) in [4.78, 5) is 15.2. The molecular formula is C11H13ClN4O2. The largest absolute Gasteiger partial charge is 0.356 e. The van der Waals surface area contributed by atoms with Crippen LogP contribution in [-0.2, 0) is 11.8 Å². The van der Waals surface area contributed by atoms with Gasteiger partial charge < -0.3 is 4.74 Å². The fourth-order valence-electron chi connectivity index (χ4n) is 2.22. The van der Waals surface area contributed by atoms with Gasteiger partial charge in [0.1, 0.15) is 11.0 Å². The highest BCUT2D eigenvalue weighted by Gasteiger charge is 2.22. The standard InChI is InChI=1S/C11H13ClN4O2/c1-15-9-7(6-13-11(15)17)14-16(10(9)12)8-4-2-3-5-18-8/h6,8H,2-5H2,1H3. The zero-order valence-corrected chi connectivity index (χ0v) is 10.7. The molecule has 3 heterocycles. The maximum atomic E-state index is 11.5. The second-order valence-electron chi connectivity index (χ2n) is 4.39. The van der Waals surface area contributed by atoms with Gasteiger partial charge in [-0.2, -0.15) is 10.1 Å². The summed E-state index contributed by atoms with van der Waals surface area (Å²) in [5.41, 5.74) is 0.871. The van der Waals surface area contributed by atoms with Crippen molar-refractivity contribution >= 4 is 22.6 Å². The zero-order valence-electron chi connectivity index (χ0n) is 9.97. The van der Waals surface area contributed by atoms with E-state index in [1.807, 2.05) is 0 Å². The number of hydrogen-bond donors (Lipinski definition) is 0. The van der Waals surface area contributed by atoms with Gasteiger partial charge in [0.05, 0.1) is 6.20 Å². The number of aromatic nitrogens is 4. The third-order valence-corrected chi connectivity index (χ3v) is 3.55. The monoisotopic (exact) mass is 268 g/mol. The molecule has 0 bridgehead atoms. The summed E-state index contributed by atoms with van der Waals surface area (Å²) in [6, 6.07) is 0. The van der Waals surface area contributed by atoms with Gasteiger partial charge in [0.15, 0.2) is 11.4 Å². The Morgan fingerprint density at radius 1 is 1.50 bits per heavy atom. The molecule has 1 unspecified atom stereocenters. The smallest absolute Gasteiger partial charge is 0.347 e. The van der Waals surface area contributed by atoms with Crippen molar-refractivity contribution in [2.24, 2.45) is 7.05 Å². The third kappa shape index (κ3) is 1.72. The van der Waals surface area contributed by atoms with Crippen molar-refractivity contribution in [2.75, 3.05) is 6.61 Å². The Morgan fingerprint density at radius 3 is 3.06 bits per heavy atom. The van der Waals surface area contributed by atoms with Crippen molar-refractivity contribution in [3.8, 4) is 0 Å². The average Bonchev–Trinajstić information content (AvgIpc) is 2.73. The van der Waals surface area contributed by atoms with Crippen LogP contribution in [-0.4, -0.2) is 25.9 Å². The Balaban J connectivity index is 2.16. The van der Waals surface area contributed by atoms with Crippen LogP contribution in [0.15, 0.2) is 11.0 Å². The average molecular weight is 269 g/mol. The predicted octanol–water partition coefficient (Wildman–Crippen LogP) is 1.48. The summed E-state index contributed by atoms with van der Waals surface area (Å²) < 4.78 is 8.70. The first kappa shape index (κ1) is 11.7. The van der Waals surface area contributed by atoms with Crippen LogP contribution in [0.5, 0.6) is 0 Å². The number of halogens is 1. The van der Waals surface area contributed by atoms with Crippen LogP contribution in [0, 0.1) is 0 Å². The highest BCUT2D eigenvalue weighted by molar-refractivity contribution is 6.34. The molecule has 2 aromatic heterocycles. The molecule has 0 aliphatic carbocycles. The predicted molar refractivity (Wildman–Crippen MR) is 66.6 cm³/mol. The molecule has 6 nitrogen and oxygen atoms in total. The Labute approximate surface area is 108 Å². The molecule has 1 fully saturated rings. The third-order valence-electron chi connectivity index (χ3n) is 3.20. The maximum Gasteiger partial charge on any atom is 0.347 e. The van der Waals surface area contributed by atoms with Crippen LogP contribution in [0.3, 0.4) is 0 Å². The second-order valence-corrected chi connectivity index (χ2v) is 4.75. The fraction of sp³-hybridized carbons (Fsp3) is 0.545. The van der Waals surface area contributed by atoms with E-state index < -0.39 is 0 Å². The zero-order chi connectivity index (χ0) is 12.7. The Bertz CT molecular complexity index is 642. The molecule has 0 saturated carbocycles. The molecule has 0 amide bonds. The summed E-state index contributed by atoms with van der Waals surface area (Å²) in [6.07, 6.45) is 4.34. The van der Waals surface area contributed by atoms with Crippen molar-refractivity contribution in [1.29, 1.82) is 0 Å². The number of ether oxygens (including phenoxy) is 1. The highest BCUT2D eigenvalue weighted by Crippen LogP contribution is 2.29. The maximum absolute atomic E-state index is 11.5. The lowest BCUT2D eigenvalue weighted by Gasteiger charge is -2.23. The summed E-state index contributed by atoms with van der Waals surface area (Å²) in [6.45, 7) is 0.717. The summed E-state index contributed by atoms with van der Waals surface area (Å²) in [7, 11) is 1.64. The van der Waals surface area contributed by atoms with E-state index in [1.54, 1.807) is 11.7 Å². The van der Waals surface area contributed by atoms with Gasteiger partial charge in [-0.3, -0.25) is 4.57 Å². The van der Waals surface area contributed by atoms with Crippen molar-refractivity contribution in [3.05, 3.63) is 21.8 Å². The van der Waals surface area contributed by atoms with Crippen molar-refractivity contribution in [1.82, 2.24) is 19.3 Å². The van der Waals surface area contributed by atoms with Gasteiger partial charge in [-0.1, -0.05) is 11.6 Å². The molecule has 2 aromatic rings. The van der Waals surface area contributed by atoms with Gasteiger partial charge in [0.2, 0.25) is 0 Å². The molecule has 0 radical (unpaired) electrons. The van der Waals surface area contributed by atoms with Crippen LogP contribution in [0.1, 0.15) is 25.5 Å². The summed E-state index contributed by atoms with van der Waals surface area (Å²) in [5, 5.41) is 4.80. The van der Waals surface area contributed by atoms with Crippen molar-refractivity contribution in [2.45, 2.75) is 25.5 Å². The second kappa shape index (κ2) is 4.37. The van der Waals surface area contributed by atoms with Crippen molar-refractivity contribution < 1.29 is 4.74 Å². The van der Waals surface area contributed by atoms with E-state index in [4.69, 9.17) is 16.3 Å². The van der Waals surface area contributed by atoms with Crippen LogP contribution in [0.2, 0.25) is 5.15 Å². The van der Waals surface area contributed by atoms with E-state index in [1.165, 1.54) is 10.8 Å². The van der Waals surface area contributed by atoms with E-state index in [2.05, 4.69) is 10.1 Å². The Kier molecular flexibility index (Phi) is 2.83. The molecule has 0 N–H and O–H groups in total. The van der Waals surface area contributed by atoms with Gasteiger partial charge in [-0.25, -0.2) is 9.48 Å². The Hall–Kier alpha value is -1.40. The van der Waals surface area contributed by atoms with Gasteiger partial charge in [0, 0.05) is 13.7 Å². The number of fused-ring (bicyclic) bond motifs is 1. The molecule has 0 aromatic carbocycles. The molecule has 7 heteroatoms. The molecule has 1 aliphatic heterocycles. The van der Waals surface area contributed by atoms with Crippen LogP contribution in [0.25, 0.3) is 11.0 Å². The van der Waals surface area contributed by atoms with E-state index >= 15 is 0 Å². The molecule has 1 saturated heterocycles. The SMILES string of the molecule is Cn1c(=O)ncc2nn(C3CCCCO3)c(Cl)c21. The molecular weight excluding hydrogens is 256 g/mol. The molecule has 1 atom stereocenters. The lowest BCUT2D eigenvalue weighted by molar-refractivity contribution is -0.0388. The van der Waals surface area contributed by atoms with Gasteiger partial charge >= 0.3 is 5.69 Å². The van der Waals surface area contributed by atoms with E-state index in [9.17, 15) is 4.79 Å². The number of rotatable bonds is 1. The van der Waals surface area contributed by atoms with Crippen LogP contribution in [0.4, 0.5) is 0 Å². The van der Waals surface area contributed by atoms with Gasteiger partial charge in [-0.05, 0) is 19.3 Å². The first-order valence-electron chi connectivity index (χ1n) is 5.90. The summed E-state index contributed by atoms with van der Waals surface area (Å²) >= 11 is 6.30. The lowest BCUT2D eigenvalue weighted by atomic mass is 10.2. The topological polar surface area (TPSA) is 61.9 Å². The van der Waals surface area contributed by atoms with Crippen molar-refractivity contribution in [3.63, 3.8) is 0 Å². The molecule has 0 spiro atoms. The van der Waals surface area contributed by atoms with E-state index in [-0.39, 0.29) is 11.9 Å². The Morgan fingerprint density at radius 2 is 2.33 bits per heavy atom. The van der Waals surface area contributed by atoms with Gasteiger partial charge in [-0.15, -0.1) is 0 Å². The number of aryl methyl sites for hydroxylation is 1. The first-order chi connectivity index (χ1) is 8.68. The van der Waals surface area contributed by atoms with Crippen LogP contribution >= 0.6 is 11.6 Å². The molecule has 18 heavy (non-hydrogen) atoms.